The second-order valence-corrected chi connectivity index (χ2v) is 9.65. The Morgan fingerprint density at radius 3 is 2.70 bits per heavy atom. The van der Waals surface area contributed by atoms with Gasteiger partial charge in [0.15, 0.2) is 0 Å². The summed E-state index contributed by atoms with van der Waals surface area (Å²) < 4.78 is 2.31. The maximum Gasteiger partial charge on any atom is 0.0843 e. The molecule has 0 saturated heterocycles. The fourth-order valence-electron chi connectivity index (χ4n) is 4.14. The normalized spacial score (nSPS) is 30.4. The van der Waals surface area contributed by atoms with Crippen LogP contribution in [0, 0.1) is 17.8 Å². The molecule has 1 heterocycles. The lowest BCUT2D eigenvalue weighted by Crippen LogP contribution is -2.35. The largest absolute Gasteiger partial charge is 0.329 e. The molecule has 0 spiro atoms. The molecule has 1 aromatic heterocycles. The Morgan fingerprint density at radius 2 is 2.20 bits per heavy atom. The number of fused-ring (bicyclic) bond motifs is 2. The zero-order valence-corrected chi connectivity index (χ0v) is 15.8. The molecule has 2 saturated carbocycles. The highest BCUT2D eigenvalue weighted by Gasteiger charge is 2.40. The van der Waals surface area contributed by atoms with Crippen LogP contribution in [0.2, 0.25) is 0 Å². The van der Waals surface area contributed by atoms with Gasteiger partial charge in [-0.1, -0.05) is 6.42 Å². The van der Waals surface area contributed by atoms with Crippen molar-refractivity contribution in [2.75, 3.05) is 20.1 Å². The van der Waals surface area contributed by atoms with Crippen molar-refractivity contribution in [3.63, 3.8) is 0 Å². The van der Waals surface area contributed by atoms with Gasteiger partial charge in [-0.05, 0) is 82.0 Å². The van der Waals surface area contributed by atoms with Gasteiger partial charge in [-0.25, -0.2) is 0 Å². The summed E-state index contributed by atoms with van der Waals surface area (Å²) in [6.45, 7) is 1.90. The van der Waals surface area contributed by atoms with Crippen LogP contribution in [0.1, 0.15) is 36.6 Å². The lowest BCUT2D eigenvalue weighted by atomic mass is 9.88. The van der Waals surface area contributed by atoms with Crippen LogP contribution in [0.25, 0.3) is 0 Å². The highest BCUT2D eigenvalue weighted by atomic mass is 79.9. The Balaban J connectivity index is 1.66. The topological polar surface area (TPSA) is 29.3 Å². The van der Waals surface area contributed by atoms with E-state index in [0.717, 1.165) is 22.2 Å². The summed E-state index contributed by atoms with van der Waals surface area (Å²) >= 11 is 8.97. The Bertz CT molecular complexity index is 457. The van der Waals surface area contributed by atoms with Crippen LogP contribution in [0.5, 0.6) is 0 Å². The smallest absolute Gasteiger partial charge is 0.0843 e. The van der Waals surface area contributed by atoms with E-state index in [2.05, 4.69) is 49.9 Å². The van der Waals surface area contributed by atoms with E-state index in [-0.39, 0.29) is 0 Å². The fourth-order valence-corrected chi connectivity index (χ4v) is 6.41. The summed E-state index contributed by atoms with van der Waals surface area (Å²) in [6, 6.07) is 2.56. The van der Waals surface area contributed by atoms with Crippen LogP contribution in [-0.4, -0.2) is 25.0 Å². The van der Waals surface area contributed by atoms with E-state index in [0.29, 0.717) is 12.6 Å². The summed E-state index contributed by atoms with van der Waals surface area (Å²) in [5.41, 5.74) is 6.05. The van der Waals surface area contributed by atoms with E-state index in [1.165, 1.54) is 40.9 Å². The quantitative estimate of drug-likeness (QED) is 0.750. The molecule has 0 radical (unpaired) electrons. The molecular formula is C15H22Br2N2S. The molecule has 0 aromatic carbocycles. The third-order valence-corrected chi connectivity index (χ3v) is 8.51. The summed E-state index contributed by atoms with van der Waals surface area (Å²) in [7, 11) is 2.24. The van der Waals surface area contributed by atoms with Gasteiger partial charge in [0, 0.05) is 22.4 Å². The van der Waals surface area contributed by atoms with Crippen LogP contribution in [-0.2, 0) is 0 Å². The fraction of sp³-hybridized carbons (Fsp3) is 0.733. The summed E-state index contributed by atoms with van der Waals surface area (Å²) in [5.74, 6) is 2.92. The SMILES string of the molecule is CN(CC1CC2CCC1C2)C(CN)c1cc(Br)c(Br)s1. The minimum atomic E-state index is 0.349. The Hall–Kier alpha value is 0.580. The van der Waals surface area contributed by atoms with E-state index in [9.17, 15) is 0 Å². The molecule has 2 aliphatic carbocycles. The second-order valence-electron chi connectivity index (χ2n) is 6.40. The van der Waals surface area contributed by atoms with Crippen LogP contribution < -0.4 is 5.73 Å². The highest BCUT2D eigenvalue weighted by molar-refractivity contribution is 9.13. The summed E-state index contributed by atoms with van der Waals surface area (Å²) in [4.78, 5) is 3.84. The Morgan fingerprint density at radius 1 is 1.40 bits per heavy atom. The third kappa shape index (κ3) is 3.02. The maximum atomic E-state index is 6.05. The molecule has 2 fully saturated rings. The van der Waals surface area contributed by atoms with Gasteiger partial charge in [-0.2, -0.15) is 0 Å². The first-order chi connectivity index (χ1) is 9.58. The standard InChI is InChI=1S/C15H22Br2N2S/c1-19(8-11-5-9-2-3-10(11)4-9)13(7-18)14-6-12(16)15(17)20-14/h6,9-11,13H,2-5,7-8,18H2,1H3. The average molecular weight is 422 g/mol. The van der Waals surface area contributed by atoms with Crippen molar-refractivity contribution in [2.24, 2.45) is 23.5 Å². The molecule has 112 valence electrons. The summed E-state index contributed by atoms with van der Waals surface area (Å²) in [5, 5.41) is 0. The predicted molar refractivity (Wildman–Crippen MR) is 93.1 cm³/mol. The monoisotopic (exact) mass is 420 g/mol. The lowest BCUT2D eigenvalue weighted by Gasteiger charge is -2.32. The van der Waals surface area contributed by atoms with Gasteiger partial charge in [-0.15, -0.1) is 11.3 Å². The Kier molecular flexibility index (Phi) is 4.93. The molecule has 5 heteroatoms. The lowest BCUT2D eigenvalue weighted by molar-refractivity contribution is 0.178. The molecule has 2 aliphatic rings. The molecular weight excluding hydrogens is 400 g/mol. The summed E-state index contributed by atoms with van der Waals surface area (Å²) in [6.07, 6.45) is 5.88. The van der Waals surface area contributed by atoms with E-state index in [4.69, 9.17) is 5.73 Å². The van der Waals surface area contributed by atoms with Crippen LogP contribution in [0.15, 0.2) is 14.3 Å². The van der Waals surface area contributed by atoms with E-state index in [1.807, 2.05) is 0 Å². The van der Waals surface area contributed by atoms with Gasteiger partial charge in [0.05, 0.1) is 9.83 Å². The average Bonchev–Trinajstić information content (AvgIpc) is 3.08. The van der Waals surface area contributed by atoms with Gasteiger partial charge in [-0.3, -0.25) is 4.90 Å². The van der Waals surface area contributed by atoms with Crippen LogP contribution >= 0.6 is 43.2 Å². The molecule has 3 rings (SSSR count). The van der Waals surface area contributed by atoms with Gasteiger partial charge < -0.3 is 5.73 Å². The number of hydrogen-bond acceptors (Lipinski definition) is 3. The Labute approximate surface area is 142 Å². The van der Waals surface area contributed by atoms with Crippen molar-refractivity contribution in [3.8, 4) is 0 Å². The second kappa shape index (κ2) is 6.37. The molecule has 0 amide bonds. The minimum absolute atomic E-state index is 0.349. The molecule has 2 nitrogen and oxygen atoms in total. The van der Waals surface area contributed by atoms with E-state index >= 15 is 0 Å². The first-order valence-corrected chi connectivity index (χ1v) is 9.83. The van der Waals surface area contributed by atoms with Crippen molar-refractivity contribution in [1.82, 2.24) is 4.90 Å². The van der Waals surface area contributed by atoms with Crippen molar-refractivity contribution in [1.29, 1.82) is 0 Å². The number of hydrogen-bond donors (Lipinski definition) is 1. The molecule has 0 aliphatic heterocycles. The molecule has 2 N–H and O–H groups in total. The maximum absolute atomic E-state index is 6.05. The third-order valence-electron chi connectivity index (χ3n) is 5.15. The van der Waals surface area contributed by atoms with Gasteiger partial charge in [0.1, 0.15) is 0 Å². The van der Waals surface area contributed by atoms with Crippen LogP contribution in [0.4, 0.5) is 0 Å². The van der Waals surface area contributed by atoms with Crippen molar-refractivity contribution in [3.05, 3.63) is 19.2 Å². The first-order valence-electron chi connectivity index (χ1n) is 7.43. The van der Waals surface area contributed by atoms with Gasteiger partial charge in [0.2, 0.25) is 0 Å². The molecule has 2 bridgehead atoms. The highest BCUT2D eigenvalue weighted by Crippen LogP contribution is 2.49. The zero-order valence-electron chi connectivity index (χ0n) is 11.8. The molecule has 20 heavy (non-hydrogen) atoms. The van der Waals surface area contributed by atoms with Crippen molar-refractivity contribution in [2.45, 2.75) is 31.7 Å². The van der Waals surface area contributed by atoms with E-state index < -0.39 is 0 Å². The molecule has 1 aromatic rings. The first kappa shape index (κ1) is 15.5. The predicted octanol–water partition coefficient (Wildman–Crippen LogP) is 4.64. The minimum Gasteiger partial charge on any atom is -0.329 e. The molecule has 4 atom stereocenters. The number of rotatable bonds is 5. The van der Waals surface area contributed by atoms with E-state index in [1.54, 1.807) is 11.3 Å². The van der Waals surface area contributed by atoms with Crippen molar-refractivity contribution < 1.29 is 0 Å². The van der Waals surface area contributed by atoms with Crippen molar-refractivity contribution >= 4 is 43.2 Å². The zero-order chi connectivity index (χ0) is 14.3. The van der Waals surface area contributed by atoms with Gasteiger partial charge in [0.25, 0.3) is 0 Å². The number of likely N-dealkylation sites (N-methyl/N-ethyl adjacent to an activating group) is 1. The molecule has 4 unspecified atom stereocenters. The van der Waals surface area contributed by atoms with Crippen LogP contribution in [0.3, 0.4) is 0 Å². The number of halogens is 2. The number of thiophene rings is 1. The number of nitrogens with zero attached hydrogens (tertiary/aromatic N) is 1. The number of nitrogens with two attached hydrogens (primary N) is 1. The van der Waals surface area contributed by atoms with Gasteiger partial charge >= 0.3 is 0 Å².